The Morgan fingerprint density at radius 2 is 1.33 bits per heavy atom. The Labute approximate surface area is 90.2 Å². The molecule has 2 rings (SSSR count). The molecule has 4 heteroatoms. The van der Waals surface area contributed by atoms with Gasteiger partial charge in [0.1, 0.15) is 0 Å². The van der Waals surface area contributed by atoms with Crippen LogP contribution in [0.1, 0.15) is 33.1 Å². The van der Waals surface area contributed by atoms with E-state index in [0.717, 1.165) is 13.1 Å². The lowest BCUT2D eigenvalue weighted by molar-refractivity contribution is -0.127. The maximum atomic E-state index is 11.4. The van der Waals surface area contributed by atoms with Crippen LogP contribution < -0.4 is 0 Å². The lowest BCUT2D eigenvalue weighted by atomic mass is 10.2. The summed E-state index contributed by atoms with van der Waals surface area (Å²) in [4.78, 5) is 26.6. The van der Waals surface area contributed by atoms with Gasteiger partial charge in [-0.05, 0) is 20.3 Å². The van der Waals surface area contributed by atoms with E-state index in [1.165, 1.54) is 0 Å². The molecule has 2 saturated heterocycles. The van der Waals surface area contributed by atoms with Crippen molar-refractivity contribution in [3.63, 3.8) is 0 Å². The monoisotopic (exact) mass is 210 g/mol. The zero-order chi connectivity index (χ0) is 11.0. The van der Waals surface area contributed by atoms with Crippen LogP contribution in [0, 0.1) is 0 Å². The SMILES string of the molecule is CC1CN1C(=O)CCCC(=O)N1CC1C. The van der Waals surface area contributed by atoms with E-state index in [-0.39, 0.29) is 11.8 Å². The molecule has 2 atom stereocenters. The van der Waals surface area contributed by atoms with Crippen molar-refractivity contribution < 1.29 is 9.59 Å². The van der Waals surface area contributed by atoms with Crippen molar-refractivity contribution in [1.82, 2.24) is 9.80 Å². The third kappa shape index (κ3) is 2.49. The zero-order valence-electron chi connectivity index (χ0n) is 9.40. The van der Waals surface area contributed by atoms with E-state index >= 15 is 0 Å². The molecule has 2 fully saturated rings. The Kier molecular flexibility index (Phi) is 2.67. The van der Waals surface area contributed by atoms with Crippen LogP contribution in [0.4, 0.5) is 0 Å². The van der Waals surface area contributed by atoms with Gasteiger partial charge in [-0.15, -0.1) is 0 Å². The maximum absolute atomic E-state index is 11.4. The predicted molar refractivity (Wildman–Crippen MR) is 56.2 cm³/mol. The van der Waals surface area contributed by atoms with Crippen LogP contribution in [-0.4, -0.2) is 46.8 Å². The molecule has 84 valence electrons. The van der Waals surface area contributed by atoms with Gasteiger partial charge in [-0.25, -0.2) is 0 Å². The van der Waals surface area contributed by atoms with Gasteiger partial charge in [0.25, 0.3) is 0 Å². The fourth-order valence-corrected chi connectivity index (χ4v) is 1.85. The second kappa shape index (κ2) is 3.83. The Morgan fingerprint density at radius 3 is 1.60 bits per heavy atom. The van der Waals surface area contributed by atoms with Crippen molar-refractivity contribution in [3.05, 3.63) is 0 Å². The third-order valence-corrected chi connectivity index (χ3v) is 3.14. The molecular weight excluding hydrogens is 192 g/mol. The molecule has 2 aliphatic rings. The summed E-state index contributed by atoms with van der Waals surface area (Å²) in [5, 5.41) is 0. The summed E-state index contributed by atoms with van der Waals surface area (Å²) < 4.78 is 0. The first-order valence-corrected chi connectivity index (χ1v) is 5.68. The van der Waals surface area contributed by atoms with E-state index in [1.54, 1.807) is 0 Å². The first-order valence-electron chi connectivity index (χ1n) is 5.68. The lowest BCUT2D eigenvalue weighted by Gasteiger charge is -2.03. The van der Waals surface area contributed by atoms with Crippen molar-refractivity contribution in [2.24, 2.45) is 0 Å². The van der Waals surface area contributed by atoms with Crippen LogP contribution in [0.5, 0.6) is 0 Å². The van der Waals surface area contributed by atoms with Gasteiger partial charge >= 0.3 is 0 Å². The average molecular weight is 210 g/mol. The minimum Gasteiger partial charge on any atom is -0.336 e. The number of hydrogen-bond acceptors (Lipinski definition) is 2. The molecule has 0 spiro atoms. The minimum atomic E-state index is 0.203. The Hall–Kier alpha value is -1.06. The molecule has 0 saturated carbocycles. The van der Waals surface area contributed by atoms with Gasteiger partial charge in [-0.1, -0.05) is 0 Å². The number of amides is 2. The van der Waals surface area contributed by atoms with Gasteiger partial charge < -0.3 is 9.80 Å². The van der Waals surface area contributed by atoms with Gasteiger partial charge in [-0.2, -0.15) is 0 Å². The number of carbonyl (C=O) groups excluding carboxylic acids is 2. The van der Waals surface area contributed by atoms with Crippen LogP contribution in [0.25, 0.3) is 0 Å². The first kappa shape index (κ1) is 10.5. The fraction of sp³-hybridized carbons (Fsp3) is 0.818. The molecule has 15 heavy (non-hydrogen) atoms. The predicted octanol–water partition coefficient (Wildman–Crippen LogP) is 0.618. The molecule has 0 aromatic rings. The highest BCUT2D eigenvalue weighted by atomic mass is 16.2. The zero-order valence-corrected chi connectivity index (χ0v) is 9.40. The highest BCUT2D eigenvalue weighted by Gasteiger charge is 2.35. The van der Waals surface area contributed by atoms with Crippen molar-refractivity contribution in [1.29, 1.82) is 0 Å². The van der Waals surface area contributed by atoms with Gasteiger partial charge in [0.15, 0.2) is 0 Å². The maximum Gasteiger partial charge on any atom is 0.222 e. The quantitative estimate of drug-likeness (QED) is 0.638. The smallest absolute Gasteiger partial charge is 0.222 e. The van der Waals surface area contributed by atoms with Crippen molar-refractivity contribution >= 4 is 11.8 Å². The summed E-state index contributed by atoms with van der Waals surface area (Å²) in [6, 6.07) is 0.862. The van der Waals surface area contributed by atoms with Crippen molar-refractivity contribution in [2.75, 3.05) is 13.1 Å². The van der Waals surface area contributed by atoms with Crippen LogP contribution in [-0.2, 0) is 9.59 Å². The van der Waals surface area contributed by atoms with Gasteiger partial charge in [0.05, 0.1) is 0 Å². The molecule has 0 radical (unpaired) electrons. The summed E-state index contributed by atoms with van der Waals surface area (Å²) >= 11 is 0. The second-order valence-electron chi connectivity index (χ2n) is 4.64. The highest BCUT2D eigenvalue weighted by molar-refractivity contribution is 5.81. The third-order valence-electron chi connectivity index (χ3n) is 3.14. The van der Waals surface area contributed by atoms with Crippen LogP contribution in [0.3, 0.4) is 0 Å². The molecule has 2 aliphatic heterocycles. The van der Waals surface area contributed by atoms with Crippen molar-refractivity contribution in [2.45, 2.75) is 45.2 Å². The van der Waals surface area contributed by atoms with Crippen LogP contribution in [0.15, 0.2) is 0 Å². The second-order valence-corrected chi connectivity index (χ2v) is 4.64. The summed E-state index contributed by atoms with van der Waals surface area (Å²) in [7, 11) is 0. The Bertz CT molecular complexity index is 262. The first-order chi connectivity index (χ1) is 7.09. The van der Waals surface area contributed by atoms with E-state index in [9.17, 15) is 9.59 Å². The van der Waals surface area contributed by atoms with Gasteiger partial charge in [0, 0.05) is 38.0 Å². The average Bonchev–Trinajstić information content (AvgIpc) is 3.05. The largest absolute Gasteiger partial charge is 0.336 e. The molecule has 0 N–H and O–H groups in total. The van der Waals surface area contributed by atoms with Crippen LogP contribution in [0.2, 0.25) is 0 Å². The normalized spacial score (nSPS) is 27.9. The summed E-state index contributed by atoms with van der Waals surface area (Å²) in [5.74, 6) is 0.406. The van der Waals surface area contributed by atoms with E-state index in [2.05, 4.69) is 0 Å². The Morgan fingerprint density at radius 1 is 1.00 bits per heavy atom. The van der Waals surface area contributed by atoms with E-state index in [0.29, 0.717) is 31.3 Å². The summed E-state index contributed by atoms with van der Waals surface area (Å²) in [6.07, 6.45) is 1.75. The van der Waals surface area contributed by atoms with Gasteiger partial charge in [-0.3, -0.25) is 9.59 Å². The molecule has 2 amide bonds. The molecule has 0 aliphatic carbocycles. The lowest BCUT2D eigenvalue weighted by Crippen LogP contribution is -2.15. The van der Waals surface area contributed by atoms with Crippen molar-refractivity contribution in [3.8, 4) is 0 Å². The molecule has 2 heterocycles. The minimum absolute atomic E-state index is 0.203. The Balaban J connectivity index is 1.58. The van der Waals surface area contributed by atoms with E-state index in [1.807, 2.05) is 23.6 Å². The molecule has 0 bridgehead atoms. The molecule has 4 nitrogen and oxygen atoms in total. The number of carbonyl (C=O) groups is 2. The van der Waals surface area contributed by atoms with Gasteiger partial charge in [0.2, 0.25) is 11.8 Å². The number of hydrogen-bond donors (Lipinski definition) is 0. The van der Waals surface area contributed by atoms with E-state index < -0.39 is 0 Å². The number of nitrogens with zero attached hydrogens (tertiary/aromatic N) is 2. The standard InChI is InChI=1S/C11H18N2O2/c1-8-6-12(8)10(14)4-3-5-11(15)13-7-9(13)2/h8-9H,3-7H2,1-2H3. The molecule has 0 aromatic heterocycles. The molecule has 0 aromatic carbocycles. The fourth-order valence-electron chi connectivity index (χ4n) is 1.85. The van der Waals surface area contributed by atoms with Crippen LogP contribution >= 0.6 is 0 Å². The van der Waals surface area contributed by atoms with E-state index in [4.69, 9.17) is 0 Å². The molecular formula is C11H18N2O2. The number of rotatable bonds is 4. The highest BCUT2D eigenvalue weighted by Crippen LogP contribution is 2.20. The summed E-state index contributed by atoms with van der Waals surface area (Å²) in [6.45, 7) is 5.88. The topological polar surface area (TPSA) is 40.2 Å². The molecule has 2 unspecified atom stereocenters. The summed E-state index contributed by atoms with van der Waals surface area (Å²) in [5.41, 5.74) is 0.